The molecular formula is C23H28NO4P. The van der Waals surface area contributed by atoms with Gasteiger partial charge < -0.3 is 14.2 Å². The third kappa shape index (κ3) is 3.11. The molecule has 5 nitrogen and oxygen atoms in total. The van der Waals surface area contributed by atoms with Crippen molar-refractivity contribution < 1.29 is 18.7 Å². The summed E-state index contributed by atoms with van der Waals surface area (Å²) in [6, 6.07) is 15.4. The Bertz CT molecular complexity index is 949. The second-order valence-corrected chi connectivity index (χ2v) is 10.3. The van der Waals surface area contributed by atoms with Gasteiger partial charge in [-0.1, -0.05) is 37.1 Å². The molecule has 0 aromatic heterocycles. The molecule has 5 rings (SSSR count). The van der Waals surface area contributed by atoms with Crippen LogP contribution >= 0.6 is 7.75 Å². The van der Waals surface area contributed by atoms with Crippen LogP contribution in [0.2, 0.25) is 0 Å². The Hall–Kier alpha value is -1.81. The van der Waals surface area contributed by atoms with E-state index in [1.165, 1.54) is 24.0 Å². The molecule has 1 heterocycles. The molecular weight excluding hydrogens is 385 g/mol. The fourth-order valence-corrected chi connectivity index (χ4v) is 7.55. The highest BCUT2D eigenvalue weighted by molar-refractivity contribution is 7.50. The number of ether oxygens (including phenoxy) is 1. The summed E-state index contributed by atoms with van der Waals surface area (Å²) in [6.45, 7) is 0.582. The zero-order chi connectivity index (χ0) is 20.1. The van der Waals surface area contributed by atoms with Crippen LogP contribution in [0.4, 0.5) is 0 Å². The summed E-state index contributed by atoms with van der Waals surface area (Å²) < 4.78 is 26.3. The van der Waals surface area contributed by atoms with E-state index in [2.05, 4.69) is 12.1 Å². The van der Waals surface area contributed by atoms with Gasteiger partial charge in [-0.15, -0.1) is 0 Å². The van der Waals surface area contributed by atoms with Gasteiger partial charge in [-0.3, -0.25) is 0 Å². The highest BCUT2D eigenvalue weighted by Gasteiger charge is 2.57. The van der Waals surface area contributed by atoms with E-state index in [9.17, 15) is 9.46 Å². The van der Waals surface area contributed by atoms with Crippen LogP contribution < -0.4 is 9.26 Å². The third-order valence-corrected chi connectivity index (χ3v) is 8.90. The average Bonchev–Trinajstić information content (AvgIpc) is 2.73. The second-order valence-electron chi connectivity index (χ2n) is 8.61. The Morgan fingerprint density at radius 3 is 2.72 bits per heavy atom. The van der Waals surface area contributed by atoms with Crippen LogP contribution in [0.15, 0.2) is 48.5 Å². The molecule has 6 heteroatoms. The van der Waals surface area contributed by atoms with E-state index in [1.807, 2.05) is 24.3 Å². The number of hydrogen-bond donors (Lipinski definition) is 1. The predicted molar refractivity (Wildman–Crippen MR) is 112 cm³/mol. The molecule has 0 amide bonds. The number of para-hydroxylation sites is 1. The number of benzene rings is 2. The molecule has 1 saturated carbocycles. The molecule has 1 N–H and O–H groups in total. The van der Waals surface area contributed by atoms with Gasteiger partial charge in [0.1, 0.15) is 11.5 Å². The minimum absolute atomic E-state index is 0.0319. The highest BCUT2D eigenvalue weighted by atomic mass is 31.2. The van der Waals surface area contributed by atoms with Crippen LogP contribution in [0.25, 0.3) is 0 Å². The second kappa shape index (κ2) is 7.16. The maximum atomic E-state index is 13.4. The molecule has 154 valence electrons. The van der Waals surface area contributed by atoms with Crippen LogP contribution in [0.1, 0.15) is 43.2 Å². The van der Waals surface area contributed by atoms with Crippen molar-refractivity contribution in [2.24, 2.45) is 5.92 Å². The standard InChI is InChI=1S/C23H28NO4P/c1-27-19-11-10-17-15-22-20-9-5-6-12-23(20,21(17)16-19)13-14-24(22)29(25,26)28-18-7-3-2-4-8-18/h2-4,7-8,10-11,16,20,22H,5-6,9,12-15H2,1H3,(H,25,26)/t20?,22-,23-/m1/s1. The van der Waals surface area contributed by atoms with E-state index < -0.39 is 7.75 Å². The first-order valence-corrected chi connectivity index (χ1v) is 12.1. The Morgan fingerprint density at radius 1 is 1.10 bits per heavy atom. The fourth-order valence-electron chi connectivity index (χ4n) is 6.08. The molecule has 0 radical (unpaired) electrons. The van der Waals surface area contributed by atoms with Crippen molar-refractivity contribution in [2.75, 3.05) is 13.7 Å². The molecule has 0 spiro atoms. The molecule has 1 saturated heterocycles. The van der Waals surface area contributed by atoms with Crippen molar-refractivity contribution in [1.29, 1.82) is 0 Å². The molecule has 2 aromatic carbocycles. The van der Waals surface area contributed by atoms with E-state index in [0.717, 1.165) is 31.4 Å². The topological polar surface area (TPSA) is 59.0 Å². The van der Waals surface area contributed by atoms with Gasteiger partial charge in [0.2, 0.25) is 0 Å². The van der Waals surface area contributed by atoms with Gasteiger partial charge in [0, 0.05) is 18.0 Å². The minimum atomic E-state index is -3.94. The van der Waals surface area contributed by atoms with E-state index in [-0.39, 0.29) is 11.5 Å². The first-order valence-electron chi connectivity index (χ1n) is 10.6. The summed E-state index contributed by atoms with van der Waals surface area (Å²) in [5, 5.41) is 0. The summed E-state index contributed by atoms with van der Waals surface area (Å²) in [5.41, 5.74) is 2.79. The van der Waals surface area contributed by atoms with Crippen molar-refractivity contribution >= 4 is 7.75 Å². The van der Waals surface area contributed by atoms with E-state index in [0.29, 0.717) is 18.2 Å². The SMILES string of the molecule is COc1ccc2c(c1)[C@@]13CCCCC1[C@@H](C2)N(P(=O)(O)Oc1ccccc1)CC3. The van der Waals surface area contributed by atoms with Crippen molar-refractivity contribution in [3.63, 3.8) is 0 Å². The Morgan fingerprint density at radius 2 is 1.93 bits per heavy atom. The number of rotatable bonds is 4. The Balaban J connectivity index is 1.53. The molecule has 1 aliphatic heterocycles. The molecule has 29 heavy (non-hydrogen) atoms. The van der Waals surface area contributed by atoms with E-state index >= 15 is 0 Å². The first-order chi connectivity index (χ1) is 14.0. The molecule has 2 unspecified atom stereocenters. The molecule has 2 aromatic rings. The van der Waals surface area contributed by atoms with E-state index in [1.54, 1.807) is 23.9 Å². The first kappa shape index (κ1) is 19.2. The smallest absolute Gasteiger partial charge is 0.459 e. The number of piperidine rings is 1. The highest BCUT2D eigenvalue weighted by Crippen LogP contribution is 2.61. The molecule has 2 fully saturated rings. The largest absolute Gasteiger partial charge is 0.497 e. The monoisotopic (exact) mass is 413 g/mol. The van der Waals surface area contributed by atoms with Crippen molar-refractivity contribution in [3.8, 4) is 11.5 Å². The zero-order valence-corrected chi connectivity index (χ0v) is 17.7. The Labute approximate surface area is 172 Å². The number of hydrogen-bond acceptors (Lipinski definition) is 3. The molecule has 3 aliphatic rings. The van der Waals surface area contributed by atoms with Crippen LogP contribution in [0, 0.1) is 5.92 Å². The van der Waals surface area contributed by atoms with Crippen molar-refractivity contribution in [3.05, 3.63) is 59.7 Å². The van der Waals surface area contributed by atoms with Gasteiger partial charge >= 0.3 is 7.75 Å². The van der Waals surface area contributed by atoms with Crippen molar-refractivity contribution in [2.45, 2.75) is 50.0 Å². The van der Waals surface area contributed by atoms with Gasteiger partial charge in [-0.25, -0.2) is 4.57 Å². The van der Waals surface area contributed by atoms with Gasteiger partial charge in [-0.2, -0.15) is 4.67 Å². The molecule has 4 atom stereocenters. The summed E-state index contributed by atoms with van der Waals surface area (Å²) in [7, 11) is -2.22. The van der Waals surface area contributed by atoms with Crippen LogP contribution in [-0.2, 0) is 16.4 Å². The summed E-state index contributed by atoms with van der Waals surface area (Å²) in [4.78, 5) is 11.0. The molecule has 2 aliphatic carbocycles. The average molecular weight is 413 g/mol. The summed E-state index contributed by atoms with van der Waals surface area (Å²) >= 11 is 0. The van der Waals surface area contributed by atoms with Crippen LogP contribution in [-0.4, -0.2) is 29.3 Å². The number of nitrogens with zero attached hydrogens (tertiary/aromatic N) is 1. The number of fused-ring (bicyclic) bond motifs is 1. The van der Waals surface area contributed by atoms with Gasteiger partial charge in [-0.05, 0) is 67.0 Å². The van der Waals surface area contributed by atoms with Crippen LogP contribution in [0.5, 0.6) is 11.5 Å². The normalized spacial score (nSPS) is 30.6. The third-order valence-electron chi connectivity index (χ3n) is 7.31. The lowest BCUT2D eigenvalue weighted by Gasteiger charge is -2.58. The zero-order valence-electron chi connectivity index (χ0n) is 16.8. The number of methoxy groups -OCH3 is 1. The van der Waals surface area contributed by atoms with Crippen molar-refractivity contribution in [1.82, 2.24) is 4.67 Å². The lowest BCUT2D eigenvalue weighted by atomic mass is 9.53. The Kier molecular flexibility index (Phi) is 4.73. The predicted octanol–water partition coefficient (Wildman–Crippen LogP) is 4.93. The molecule has 2 bridgehead atoms. The van der Waals surface area contributed by atoms with Gasteiger partial charge in [0.15, 0.2) is 0 Å². The summed E-state index contributed by atoms with van der Waals surface area (Å²) in [6.07, 6.45) is 6.33. The lowest BCUT2D eigenvalue weighted by molar-refractivity contribution is 0.0192. The van der Waals surface area contributed by atoms with Gasteiger partial charge in [0.25, 0.3) is 0 Å². The summed E-state index contributed by atoms with van der Waals surface area (Å²) in [5.74, 6) is 1.73. The van der Waals surface area contributed by atoms with Crippen LogP contribution in [0.3, 0.4) is 0 Å². The maximum absolute atomic E-state index is 13.4. The van der Waals surface area contributed by atoms with E-state index in [4.69, 9.17) is 9.26 Å². The quantitative estimate of drug-likeness (QED) is 0.720. The maximum Gasteiger partial charge on any atom is 0.459 e. The fraction of sp³-hybridized carbons (Fsp3) is 0.478. The lowest BCUT2D eigenvalue weighted by Crippen LogP contribution is -2.60. The van der Waals surface area contributed by atoms with Gasteiger partial charge in [0.05, 0.1) is 7.11 Å². The minimum Gasteiger partial charge on any atom is -0.497 e.